The Morgan fingerprint density at radius 1 is 1.30 bits per heavy atom. The smallest absolute Gasteiger partial charge is 0.266 e. The number of rotatable bonds is 2. The molecule has 106 valence electrons. The van der Waals surface area contributed by atoms with Crippen LogP contribution >= 0.6 is 0 Å². The van der Waals surface area contributed by atoms with Gasteiger partial charge in [0, 0.05) is 23.7 Å². The number of aliphatic imine (C=N–C) groups is 1. The van der Waals surface area contributed by atoms with Crippen molar-refractivity contribution >= 4 is 17.3 Å². The van der Waals surface area contributed by atoms with Crippen molar-refractivity contribution in [3.63, 3.8) is 0 Å². The maximum atomic E-state index is 12.4. The Morgan fingerprint density at radius 3 is 2.70 bits per heavy atom. The normalized spacial score (nSPS) is 23.5. The van der Waals surface area contributed by atoms with E-state index in [1.165, 1.54) is 12.8 Å². The van der Waals surface area contributed by atoms with Crippen LogP contribution in [0.15, 0.2) is 29.3 Å². The molecule has 1 saturated carbocycles. The van der Waals surface area contributed by atoms with Crippen LogP contribution in [0.3, 0.4) is 0 Å². The Bertz CT molecular complexity index is 546. The summed E-state index contributed by atoms with van der Waals surface area (Å²) in [6.45, 7) is 2.60. The third kappa shape index (κ3) is 2.14. The van der Waals surface area contributed by atoms with Crippen LogP contribution < -0.4 is 10.6 Å². The molecule has 1 aliphatic heterocycles. The molecule has 0 bridgehead atoms. The van der Waals surface area contributed by atoms with Crippen molar-refractivity contribution in [1.82, 2.24) is 0 Å². The lowest BCUT2D eigenvalue weighted by molar-refractivity contribution is -0.119. The van der Waals surface area contributed by atoms with Crippen molar-refractivity contribution in [2.45, 2.75) is 38.8 Å². The summed E-state index contributed by atoms with van der Waals surface area (Å²) in [6, 6.07) is 8.05. The Hall–Kier alpha value is -1.68. The maximum Gasteiger partial charge on any atom is 0.266 e. The van der Waals surface area contributed by atoms with Crippen LogP contribution in [0.5, 0.6) is 0 Å². The molecule has 1 aromatic rings. The number of anilines is 1. The lowest BCUT2D eigenvalue weighted by Crippen LogP contribution is -2.42. The predicted octanol–water partition coefficient (Wildman–Crippen LogP) is 2.32. The molecule has 0 spiro atoms. The molecule has 1 atom stereocenters. The number of carbonyl (C=O) groups is 1. The van der Waals surface area contributed by atoms with E-state index in [2.05, 4.69) is 11.1 Å². The molecule has 4 heteroatoms. The van der Waals surface area contributed by atoms with Crippen molar-refractivity contribution in [2.24, 2.45) is 16.6 Å². The number of hydrogen-bond acceptors (Lipinski definition) is 3. The number of hydrogen-bond donors (Lipinski definition) is 1. The Morgan fingerprint density at radius 2 is 2.00 bits per heavy atom. The van der Waals surface area contributed by atoms with Crippen LogP contribution in [0.2, 0.25) is 0 Å². The number of benzene rings is 1. The second-order valence-electron chi connectivity index (χ2n) is 5.54. The number of benzodiazepines with no additional fused rings is 1. The Kier molecular flexibility index (Phi) is 3.57. The van der Waals surface area contributed by atoms with Crippen LogP contribution in [0, 0.1) is 5.92 Å². The van der Waals surface area contributed by atoms with Gasteiger partial charge < -0.3 is 10.6 Å². The summed E-state index contributed by atoms with van der Waals surface area (Å²) in [5, 5.41) is 0. The number of nitrogens with zero attached hydrogens (tertiary/aromatic N) is 2. The highest BCUT2D eigenvalue weighted by Crippen LogP contribution is 2.34. The van der Waals surface area contributed by atoms with Gasteiger partial charge in [-0.2, -0.15) is 0 Å². The summed E-state index contributed by atoms with van der Waals surface area (Å²) in [5.74, 6) is 0.347. The van der Waals surface area contributed by atoms with Crippen molar-refractivity contribution < 1.29 is 4.79 Å². The van der Waals surface area contributed by atoms with E-state index in [-0.39, 0.29) is 5.91 Å². The molecule has 1 amide bonds. The van der Waals surface area contributed by atoms with E-state index in [1.807, 2.05) is 25.1 Å². The summed E-state index contributed by atoms with van der Waals surface area (Å²) in [5.41, 5.74) is 9.08. The van der Waals surface area contributed by atoms with Crippen molar-refractivity contribution in [3.05, 3.63) is 29.8 Å². The van der Waals surface area contributed by atoms with Gasteiger partial charge in [-0.1, -0.05) is 31.0 Å². The molecule has 0 saturated heterocycles. The fourth-order valence-electron chi connectivity index (χ4n) is 3.33. The van der Waals surface area contributed by atoms with Crippen molar-refractivity contribution in [3.8, 4) is 0 Å². The average Bonchev–Trinajstić information content (AvgIpc) is 2.96. The number of fused-ring (bicyclic) bond motifs is 1. The van der Waals surface area contributed by atoms with E-state index in [4.69, 9.17) is 5.73 Å². The van der Waals surface area contributed by atoms with Crippen LogP contribution in [-0.2, 0) is 4.79 Å². The van der Waals surface area contributed by atoms with Gasteiger partial charge in [-0.05, 0) is 25.8 Å². The van der Waals surface area contributed by atoms with E-state index in [0.29, 0.717) is 12.5 Å². The molecule has 20 heavy (non-hydrogen) atoms. The van der Waals surface area contributed by atoms with Crippen LogP contribution in [0.25, 0.3) is 0 Å². The second-order valence-corrected chi connectivity index (χ2v) is 5.54. The van der Waals surface area contributed by atoms with Gasteiger partial charge in [-0.15, -0.1) is 0 Å². The van der Waals surface area contributed by atoms with Crippen LogP contribution in [0.1, 0.15) is 38.2 Å². The highest BCUT2D eigenvalue weighted by molar-refractivity contribution is 6.13. The Labute approximate surface area is 119 Å². The average molecular weight is 271 g/mol. The zero-order valence-electron chi connectivity index (χ0n) is 11.9. The molecule has 1 heterocycles. The third-order valence-corrected chi connectivity index (χ3v) is 4.33. The van der Waals surface area contributed by atoms with Crippen molar-refractivity contribution in [1.29, 1.82) is 0 Å². The molecule has 1 fully saturated rings. The van der Waals surface area contributed by atoms with Crippen LogP contribution in [0.4, 0.5) is 5.69 Å². The van der Waals surface area contributed by atoms with E-state index >= 15 is 0 Å². The molecule has 0 unspecified atom stereocenters. The van der Waals surface area contributed by atoms with E-state index in [1.54, 1.807) is 4.90 Å². The number of likely N-dealkylation sites (N-methyl/N-ethyl adjacent to an activating group) is 1. The first-order valence-corrected chi connectivity index (χ1v) is 7.46. The van der Waals surface area contributed by atoms with Gasteiger partial charge in [0.2, 0.25) is 0 Å². The quantitative estimate of drug-likeness (QED) is 0.897. The summed E-state index contributed by atoms with van der Waals surface area (Å²) < 4.78 is 0. The molecule has 2 N–H and O–H groups in total. The third-order valence-electron chi connectivity index (χ3n) is 4.33. The summed E-state index contributed by atoms with van der Waals surface area (Å²) in [7, 11) is 0. The second kappa shape index (κ2) is 5.37. The minimum absolute atomic E-state index is 0.104. The van der Waals surface area contributed by atoms with Gasteiger partial charge >= 0.3 is 0 Å². The Balaban J connectivity index is 2.12. The van der Waals surface area contributed by atoms with Crippen molar-refractivity contribution in [2.75, 3.05) is 11.4 Å². The monoisotopic (exact) mass is 271 g/mol. The predicted molar refractivity (Wildman–Crippen MR) is 80.9 cm³/mol. The van der Waals surface area contributed by atoms with Gasteiger partial charge in [0.05, 0.1) is 5.69 Å². The lowest BCUT2D eigenvalue weighted by Gasteiger charge is -2.22. The molecule has 1 aliphatic carbocycles. The minimum atomic E-state index is -0.766. The molecular weight excluding hydrogens is 250 g/mol. The standard InChI is InChI=1S/C16H21N3O/c1-2-19-13-10-6-5-9-12(13)14(11-7-3-4-8-11)18-15(17)16(19)20/h5-6,9-11,15H,2-4,7-8,17H2,1H3/t15-/m1/s1. The van der Waals surface area contributed by atoms with Gasteiger partial charge in [0.25, 0.3) is 5.91 Å². The molecular formula is C16H21N3O. The summed E-state index contributed by atoms with van der Waals surface area (Å²) in [6.07, 6.45) is 4.03. The van der Waals surface area contributed by atoms with E-state index < -0.39 is 6.17 Å². The SMILES string of the molecule is CCN1C(=O)[C@H](N)N=C(C2CCCC2)c2ccccc21. The molecule has 1 aromatic carbocycles. The molecule has 0 radical (unpaired) electrons. The topological polar surface area (TPSA) is 58.7 Å². The van der Waals surface area contributed by atoms with Gasteiger partial charge in [-0.25, -0.2) is 0 Å². The molecule has 0 aromatic heterocycles. The fourth-order valence-corrected chi connectivity index (χ4v) is 3.33. The number of nitrogens with two attached hydrogens (primary N) is 1. The highest BCUT2D eigenvalue weighted by atomic mass is 16.2. The zero-order valence-corrected chi connectivity index (χ0v) is 11.9. The maximum absolute atomic E-state index is 12.4. The highest BCUT2D eigenvalue weighted by Gasteiger charge is 2.32. The van der Waals surface area contributed by atoms with E-state index in [0.717, 1.165) is 29.8 Å². The van der Waals surface area contributed by atoms with Gasteiger partial charge in [0.15, 0.2) is 6.17 Å². The number of amides is 1. The number of carbonyl (C=O) groups excluding carboxylic acids is 1. The summed E-state index contributed by atoms with van der Waals surface area (Å²) >= 11 is 0. The lowest BCUT2D eigenvalue weighted by atomic mass is 9.94. The first-order valence-electron chi connectivity index (χ1n) is 7.46. The first kappa shape index (κ1) is 13.3. The summed E-state index contributed by atoms with van der Waals surface area (Å²) in [4.78, 5) is 18.7. The minimum Gasteiger partial charge on any atom is -0.309 e. The number of para-hydroxylation sites is 1. The zero-order chi connectivity index (χ0) is 14.1. The fraction of sp³-hybridized carbons (Fsp3) is 0.500. The van der Waals surface area contributed by atoms with E-state index in [9.17, 15) is 4.79 Å². The molecule has 4 nitrogen and oxygen atoms in total. The van der Waals surface area contributed by atoms with Crippen LogP contribution in [-0.4, -0.2) is 24.3 Å². The first-order chi connectivity index (χ1) is 9.72. The largest absolute Gasteiger partial charge is 0.309 e. The molecule has 2 aliphatic rings. The van der Waals surface area contributed by atoms with Gasteiger partial charge in [0.1, 0.15) is 0 Å². The van der Waals surface area contributed by atoms with Gasteiger partial charge in [-0.3, -0.25) is 9.79 Å². The molecule has 3 rings (SSSR count).